The first-order valence-electron chi connectivity index (χ1n) is 6.20. The second kappa shape index (κ2) is 6.74. The third kappa shape index (κ3) is 4.46. The Morgan fingerprint density at radius 1 is 1.24 bits per heavy atom. The number of aryl methyl sites for hydroxylation is 2. The lowest BCUT2D eigenvalue weighted by Gasteiger charge is -2.20. The zero-order chi connectivity index (χ0) is 12.8. The molecule has 0 aliphatic carbocycles. The van der Waals surface area contributed by atoms with Crippen LogP contribution in [0.15, 0.2) is 18.2 Å². The Hall–Kier alpha value is -0.900. The van der Waals surface area contributed by atoms with Crippen molar-refractivity contribution in [1.29, 1.82) is 0 Å². The summed E-state index contributed by atoms with van der Waals surface area (Å²) in [6.07, 6.45) is 2.07. The normalized spacial score (nSPS) is 13.1. The second-order valence-electron chi connectivity index (χ2n) is 5.03. The molecule has 0 bridgehead atoms. The molecule has 0 saturated heterocycles. The lowest BCUT2D eigenvalue weighted by Crippen LogP contribution is -2.39. The summed E-state index contributed by atoms with van der Waals surface area (Å²) in [4.78, 5) is 2.19. The molecule has 3 nitrogen and oxygen atoms in total. The van der Waals surface area contributed by atoms with Gasteiger partial charge in [-0.15, -0.1) is 0 Å². The number of rotatable bonds is 6. The molecule has 0 aliphatic heterocycles. The highest BCUT2D eigenvalue weighted by atomic mass is 15.2. The van der Waals surface area contributed by atoms with Crippen LogP contribution in [0.3, 0.4) is 0 Å². The summed E-state index contributed by atoms with van der Waals surface area (Å²) in [7, 11) is 4.18. The van der Waals surface area contributed by atoms with Crippen molar-refractivity contribution < 1.29 is 0 Å². The van der Waals surface area contributed by atoms with Gasteiger partial charge in [-0.1, -0.05) is 18.2 Å². The Morgan fingerprint density at radius 3 is 2.29 bits per heavy atom. The van der Waals surface area contributed by atoms with E-state index in [9.17, 15) is 0 Å². The first-order chi connectivity index (χ1) is 8.04. The highest BCUT2D eigenvalue weighted by molar-refractivity contribution is 5.34. The number of nitrogens with one attached hydrogen (secondary N) is 1. The minimum Gasteiger partial charge on any atom is -0.309 e. The van der Waals surface area contributed by atoms with Crippen LogP contribution in [0.4, 0.5) is 0 Å². The molecule has 0 radical (unpaired) electrons. The van der Waals surface area contributed by atoms with Crippen LogP contribution in [-0.4, -0.2) is 31.6 Å². The number of hydrazine groups is 1. The Bertz CT molecular complexity index is 327. The van der Waals surface area contributed by atoms with Crippen molar-refractivity contribution in [2.24, 2.45) is 5.84 Å². The van der Waals surface area contributed by atoms with Crippen LogP contribution in [0.2, 0.25) is 0 Å². The van der Waals surface area contributed by atoms with Crippen molar-refractivity contribution in [2.75, 3.05) is 20.6 Å². The van der Waals surface area contributed by atoms with Gasteiger partial charge in [-0.05, 0) is 64.0 Å². The van der Waals surface area contributed by atoms with Gasteiger partial charge in [0, 0.05) is 6.04 Å². The van der Waals surface area contributed by atoms with Crippen LogP contribution in [0.25, 0.3) is 0 Å². The van der Waals surface area contributed by atoms with E-state index in [2.05, 4.69) is 56.5 Å². The monoisotopic (exact) mass is 235 g/mol. The summed E-state index contributed by atoms with van der Waals surface area (Å²) in [6, 6.07) is 6.79. The van der Waals surface area contributed by atoms with Crippen LogP contribution in [0.5, 0.6) is 0 Å². The number of nitrogens with zero attached hydrogens (tertiary/aromatic N) is 1. The van der Waals surface area contributed by atoms with E-state index in [0.717, 1.165) is 19.4 Å². The average Bonchev–Trinajstić information content (AvgIpc) is 2.27. The summed E-state index contributed by atoms with van der Waals surface area (Å²) >= 11 is 0. The fourth-order valence-corrected chi connectivity index (χ4v) is 2.08. The molecule has 1 atom stereocenters. The third-order valence-electron chi connectivity index (χ3n) is 3.26. The highest BCUT2D eigenvalue weighted by Crippen LogP contribution is 2.16. The van der Waals surface area contributed by atoms with Gasteiger partial charge in [-0.2, -0.15) is 0 Å². The largest absolute Gasteiger partial charge is 0.309 e. The van der Waals surface area contributed by atoms with Gasteiger partial charge < -0.3 is 4.90 Å². The van der Waals surface area contributed by atoms with Gasteiger partial charge in [-0.25, -0.2) is 0 Å². The molecule has 1 unspecified atom stereocenters. The zero-order valence-electron chi connectivity index (χ0n) is 11.5. The molecule has 0 spiro atoms. The number of hydrogen-bond acceptors (Lipinski definition) is 3. The lowest BCUT2D eigenvalue weighted by atomic mass is 9.95. The third-order valence-corrected chi connectivity index (χ3v) is 3.26. The van der Waals surface area contributed by atoms with Crippen LogP contribution in [0, 0.1) is 13.8 Å². The molecule has 17 heavy (non-hydrogen) atoms. The van der Waals surface area contributed by atoms with Gasteiger partial charge in [-0.3, -0.25) is 11.3 Å². The van der Waals surface area contributed by atoms with Crippen molar-refractivity contribution in [3.63, 3.8) is 0 Å². The molecular weight excluding hydrogens is 210 g/mol. The molecule has 1 aromatic carbocycles. The van der Waals surface area contributed by atoms with E-state index in [0.29, 0.717) is 6.04 Å². The van der Waals surface area contributed by atoms with Gasteiger partial charge in [0.05, 0.1) is 0 Å². The molecule has 0 aromatic heterocycles. The molecule has 96 valence electrons. The lowest BCUT2D eigenvalue weighted by molar-refractivity contribution is 0.358. The van der Waals surface area contributed by atoms with E-state index in [-0.39, 0.29) is 0 Å². The van der Waals surface area contributed by atoms with Crippen molar-refractivity contribution >= 4 is 0 Å². The standard InChI is InChI=1S/C14H25N3/c1-11-6-5-7-12(2)14(11)10-13(16-15)8-9-17(3)4/h5-7,13,16H,8-10,15H2,1-4H3. The topological polar surface area (TPSA) is 41.3 Å². The molecule has 0 heterocycles. The Labute approximate surface area is 105 Å². The number of hydrogen-bond donors (Lipinski definition) is 2. The minimum absolute atomic E-state index is 0.345. The van der Waals surface area contributed by atoms with Gasteiger partial charge in [0.2, 0.25) is 0 Å². The minimum atomic E-state index is 0.345. The van der Waals surface area contributed by atoms with E-state index in [1.807, 2.05) is 0 Å². The summed E-state index contributed by atoms with van der Waals surface area (Å²) in [5.74, 6) is 5.64. The predicted molar refractivity (Wildman–Crippen MR) is 73.9 cm³/mol. The Kier molecular flexibility index (Phi) is 5.62. The molecule has 3 heteroatoms. The summed E-state index contributed by atoms with van der Waals surface area (Å²) in [6.45, 7) is 5.39. The molecule has 1 aromatic rings. The predicted octanol–water partition coefficient (Wildman–Crippen LogP) is 1.63. The molecule has 0 fully saturated rings. The zero-order valence-corrected chi connectivity index (χ0v) is 11.5. The molecule has 1 rings (SSSR count). The molecule has 3 N–H and O–H groups in total. The Morgan fingerprint density at radius 2 is 1.82 bits per heavy atom. The fraction of sp³-hybridized carbons (Fsp3) is 0.571. The van der Waals surface area contributed by atoms with Crippen LogP contribution >= 0.6 is 0 Å². The van der Waals surface area contributed by atoms with E-state index in [4.69, 9.17) is 5.84 Å². The van der Waals surface area contributed by atoms with Crippen molar-refractivity contribution in [1.82, 2.24) is 10.3 Å². The van der Waals surface area contributed by atoms with E-state index in [1.165, 1.54) is 16.7 Å². The summed E-state index contributed by atoms with van der Waals surface area (Å²) in [5, 5.41) is 0. The fourth-order valence-electron chi connectivity index (χ4n) is 2.08. The first-order valence-corrected chi connectivity index (χ1v) is 6.20. The van der Waals surface area contributed by atoms with Crippen molar-refractivity contribution in [3.8, 4) is 0 Å². The smallest absolute Gasteiger partial charge is 0.0263 e. The quantitative estimate of drug-likeness (QED) is 0.581. The maximum Gasteiger partial charge on any atom is 0.0263 e. The summed E-state index contributed by atoms with van der Waals surface area (Å²) in [5.41, 5.74) is 7.07. The molecule has 0 aliphatic rings. The van der Waals surface area contributed by atoms with Crippen molar-refractivity contribution in [2.45, 2.75) is 32.7 Å². The Balaban J connectivity index is 2.67. The highest BCUT2D eigenvalue weighted by Gasteiger charge is 2.11. The van der Waals surface area contributed by atoms with Gasteiger partial charge in [0.15, 0.2) is 0 Å². The number of benzene rings is 1. The van der Waals surface area contributed by atoms with Crippen molar-refractivity contribution in [3.05, 3.63) is 34.9 Å². The van der Waals surface area contributed by atoms with Crippen LogP contribution in [0.1, 0.15) is 23.1 Å². The first kappa shape index (κ1) is 14.2. The van der Waals surface area contributed by atoms with Gasteiger partial charge >= 0.3 is 0 Å². The van der Waals surface area contributed by atoms with Crippen LogP contribution in [-0.2, 0) is 6.42 Å². The van der Waals surface area contributed by atoms with Crippen LogP contribution < -0.4 is 11.3 Å². The molecular formula is C14H25N3. The number of nitrogens with two attached hydrogens (primary N) is 1. The summed E-state index contributed by atoms with van der Waals surface area (Å²) < 4.78 is 0. The molecule has 0 saturated carbocycles. The maximum absolute atomic E-state index is 5.64. The van der Waals surface area contributed by atoms with E-state index >= 15 is 0 Å². The SMILES string of the molecule is Cc1cccc(C)c1CC(CCN(C)C)NN. The van der Waals surface area contributed by atoms with E-state index < -0.39 is 0 Å². The van der Waals surface area contributed by atoms with E-state index in [1.54, 1.807) is 0 Å². The van der Waals surface area contributed by atoms with Gasteiger partial charge in [0.1, 0.15) is 0 Å². The molecule has 0 amide bonds. The van der Waals surface area contributed by atoms with Gasteiger partial charge in [0.25, 0.3) is 0 Å². The maximum atomic E-state index is 5.64. The average molecular weight is 235 g/mol. The second-order valence-corrected chi connectivity index (χ2v) is 5.03.